The van der Waals surface area contributed by atoms with Gasteiger partial charge in [0.2, 0.25) is 0 Å². The molecule has 1 aromatic heterocycles. The number of carbonyl (C=O) groups excluding carboxylic acids is 1. The third kappa shape index (κ3) is 5.43. The molecule has 0 radical (unpaired) electrons. The quantitative estimate of drug-likeness (QED) is 0.315. The molecular formula is C24H18Cl3N3O2. The highest BCUT2D eigenvalue weighted by Crippen LogP contribution is 2.32. The summed E-state index contributed by atoms with van der Waals surface area (Å²) in [5.74, 6) is 0.670. The molecule has 0 spiro atoms. The number of benzene rings is 3. The van der Waals surface area contributed by atoms with Crippen molar-refractivity contribution in [1.29, 1.82) is 0 Å². The van der Waals surface area contributed by atoms with E-state index in [-0.39, 0.29) is 12.5 Å². The van der Waals surface area contributed by atoms with Gasteiger partial charge in [-0.1, -0.05) is 71.2 Å². The molecular weight excluding hydrogens is 469 g/mol. The van der Waals surface area contributed by atoms with Crippen molar-refractivity contribution >= 4 is 46.5 Å². The molecule has 4 rings (SSSR count). The number of ether oxygens (including phenoxy) is 1. The van der Waals surface area contributed by atoms with Crippen molar-refractivity contribution in [3.05, 3.63) is 111 Å². The van der Waals surface area contributed by atoms with Crippen molar-refractivity contribution in [3.8, 4) is 5.75 Å². The van der Waals surface area contributed by atoms with Gasteiger partial charge in [0.25, 0.3) is 5.91 Å². The van der Waals surface area contributed by atoms with Crippen LogP contribution in [0.5, 0.6) is 5.75 Å². The van der Waals surface area contributed by atoms with Crippen molar-refractivity contribution in [1.82, 2.24) is 9.78 Å². The van der Waals surface area contributed by atoms with Crippen LogP contribution in [0.4, 0.5) is 5.82 Å². The van der Waals surface area contributed by atoms with Crippen LogP contribution in [0, 0.1) is 0 Å². The normalized spacial score (nSPS) is 10.7. The summed E-state index contributed by atoms with van der Waals surface area (Å²) in [7, 11) is 0. The van der Waals surface area contributed by atoms with Crippen molar-refractivity contribution < 1.29 is 9.53 Å². The van der Waals surface area contributed by atoms with E-state index in [2.05, 4.69) is 10.4 Å². The third-order valence-electron chi connectivity index (χ3n) is 4.67. The maximum Gasteiger partial charge on any atom is 0.256 e. The predicted molar refractivity (Wildman–Crippen MR) is 128 cm³/mol. The van der Waals surface area contributed by atoms with Crippen molar-refractivity contribution in [3.63, 3.8) is 0 Å². The number of hydrogen-bond acceptors (Lipinski definition) is 3. The number of amides is 1. The minimum absolute atomic E-state index is 0.244. The van der Waals surface area contributed by atoms with Crippen LogP contribution in [-0.2, 0) is 13.2 Å². The summed E-state index contributed by atoms with van der Waals surface area (Å²) in [6.07, 6.45) is 1.79. The number of carbonyl (C=O) groups is 1. The minimum atomic E-state index is -0.268. The fraction of sp³-hybridized carbons (Fsp3) is 0.0833. The van der Waals surface area contributed by atoms with Gasteiger partial charge in [-0.25, -0.2) is 0 Å². The smallest absolute Gasteiger partial charge is 0.256 e. The maximum absolute atomic E-state index is 12.7. The molecule has 0 saturated carbocycles. The molecule has 1 heterocycles. The standard InChI is InChI=1S/C24H18Cl3N3O2/c25-19-8-2-1-6-18(19)14-30-12-11-22(29-30)28-24(31)17-7-3-5-16(13-17)15-32-21-10-4-9-20(26)23(21)27/h1-13H,14-15H2,(H,28,29,31). The van der Waals surface area contributed by atoms with Crippen LogP contribution in [0.2, 0.25) is 15.1 Å². The third-order valence-corrected chi connectivity index (χ3v) is 5.84. The molecule has 4 aromatic rings. The number of nitrogens with zero attached hydrogens (tertiary/aromatic N) is 2. The Morgan fingerprint density at radius 1 is 0.938 bits per heavy atom. The summed E-state index contributed by atoms with van der Waals surface area (Å²) >= 11 is 18.4. The van der Waals surface area contributed by atoms with Crippen LogP contribution >= 0.6 is 34.8 Å². The van der Waals surface area contributed by atoms with Crippen LogP contribution in [-0.4, -0.2) is 15.7 Å². The van der Waals surface area contributed by atoms with E-state index in [1.54, 1.807) is 53.3 Å². The van der Waals surface area contributed by atoms with E-state index < -0.39 is 0 Å². The Kier molecular flexibility index (Phi) is 7.00. The summed E-state index contributed by atoms with van der Waals surface area (Å²) in [5, 5.41) is 8.67. The van der Waals surface area contributed by atoms with Gasteiger partial charge in [-0.3, -0.25) is 9.48 Å². The lowest BCUT2D eigenvalue weighted by atomic mass is 10.1. The van der Waals surface area contributed by atoms with Crippen LogP contribution in [0.15, 0.2) is 79.0 Å². The zero-order valence-corrected chi connectivity index (χ0v) is 19.0. The van der Waals surface area contributed by atoms with Crippen LogP contribution in [0.1, 0.15) is 21.5 Å². The summed E-state index contributed by atoms with van der Waals surface area (Å²) in [6, 6.07) is 21.7. The molecule has 0 saturated heterocycles. The lowest BCUT2D eigenvalue weighted by molar-refractivity contribution is 0.102. The second kappa shape index (κ2) is 10.1. The van der Waals surface area contributed by atoms with Gasteiger partial charge in [-0.2, -0.15) is 5.10 Å². The molecule has 162 valence electrons. The number of aromatic nitrogens is 2. The Balaban J connectivity index is 1.39. The Labute approximate surface area is 200 Å². The number of anilines is 1. The summed E-state index contributed by atoms with van der Waals surface area (Å²) in [5.41, 5.74) is 2.25. The molecule has 5 nitrogen and oxygen atoms in total. The lowest BCUT2D eigenvalue weighted by Crippen LogP contribution is -2.13. The average Bonchev–Trinajstić information content (AvgIpc) is 3.23. The summed E-state index contributed by atoms with van der Waals surface area (Å²) < 4.78 is 7.47. The first kappa shape index (κ1) is 22.2. The van der Waals surface area contributed by atoms with E-state index in [9.17, 15) is 4.79 Å². The number of halogens is 3. The SMILES string of the molecule is O=C(Nc1ccn(Cc2ccccc2Cl)n1)c1cccc(COc2cccc(Cl)c2Cl)c1. The molecule has 0 atom stereocenters. The monoisotopic (exact) mass is 485 g/mol. The molecule has 0 unspecified atom stereocenters. The Hall–Kier alpha value is -2.99. The minimum Gasteiger partial charge on any atom is -0.487 e. The molecule has 0 bridgehead atoms. The Morgan fingerprint density at radius 3 is 2.56 bits per heavy atom. The van der Waals surface area contributed by atoms with Gasteiger partial charge in [0.15, 0.2) is 5.82 Å². The van der Waals surface area contributed by atoms with Crippen molar-refractivity contribution in [2.24, 2.45) is 0 Å². The van der Waals surface area contributed by atoms with Crippen molar-refractivity contribution in [2.75, 3.05) is 5.32 Å². The van der Waals surface area contributed by atoms with E-state index in [4.69, 9.17) is 39.5 Å². The largest absolute Gasteiger partial charge is 0.487 e. The van der Waals surface area contributed by atoms with Crippen LogP contribution < -0.4 is 10.1 Å². The molecule has 32 heavy (non-hydrogen) atoms. The second-order valence-electron chi connectivity index (χ2n) is 6.99. The van der Waals surface area contributed by atoms with Crippen LogP contribution in [0.3, 0.4) is 0 Å². The van der Waals surface area contributed by atoms with Crippen LogP contribution in [0.25, 0.3) is 0 Å². The van der Waals surface area contributed by atoms with Crippen molar-refractivity contribution in [2.45, 2.75) is 13.2 Å². The van der Waals surface area contributed by atoms with Gasteiger partial charge in [0.05, 0.1) is 11.6 Å². The molecule has 8 heteroatoms. The van der Waals surface area contributed by atoms with Gasteiger partial charge >= 0.3 is 0 Å². The molecule has 0 fully saturated rings. The molecule has 0 aliphatic heterocycles. The molecule has 3 aromatic carbocycles. The molecule has 0 aliphatic carbocycles. The zero-order chi connectivity index (χ0) is 22.5. The van der Waals surface area contributed by atoms with Gasteiger partial charge in [0.1, 0.15) is 17.4 Å². The molecule has 1 amide bonds. The number of rotatable bonds is 7. The lowest BCUT2D eigenvalue weighted by Gasteiger charge is -2.10. The first-order valence-electron chi connectivity index (χ1n) is 9.73. The first-order valence-corrected chi connectivity index (χ1v) is 10.9. The average molecular weight is 487 g/mol. The highest BCUT2D eigenvalue weighted by atomic mass is 35.5. The van der Waals surface area contributed by atoms with Gasteiger partial charge in [-0.05, 0) is 41.5 Å². The summed E-state index contributed by atoms with van der Waals surface area (Å²) in [6.45, 7) is 0.752. The van der Waals surface area contributed by atoms with E-state index in [0.29, 0.717) is 38.7 Å². The molecule has 1 N–H and O–H groups in total. The van der Waals surface area contributed by atoms with Gasteiger partial charge in [-0.15, -0.1) is 0 Å². The number of hydrogen-bond donors (Lipinski definition) is 1. The van der Waals surface area contributed by atoms with Gasteiger partial charge < -0.3 is 10.1 Å². The van der Waals surface area contributed by atoms with E-state index in [1.807, 2.05) is 30.3 Å². The molecule has 0 aliphatic rings. The fourth-order valence-corrected chi connectivity index (χ4v) is 3.61. The highest BCUT2D eigenvalue weighted by Gasteiger charge is 2.11. The maximum atomic E-state index is 12.7. The topological polar surface area (TPSA) is 56.2 Å². The van der Waals surface area contributed by atoms with E-state index in [1.165, 1.54) is 0 Å². The first-order chi connectivity index (χ1) is 15.5. The van der Waals surface area contributed by atoms with E-state index >= 15 is 0 Å². The predicted octanol–water partition coefficient (Wildman–Crippen LogP) is 6.72. The number of nitrogens with one attached hydrogen (secondary N) is 1. The highest BCUT2D eigenvalue weighted by molar-refractivity contribution is 6.42. The Morgan fingerprint density at radius 2 is 1.72 bits per heavy atom. The van der Waals surface area contributed by atoms with Gasteiger partial charge in [0, 0.05) is 22.8 Å². The summed E-state index contributed by atoms with van der Waals surface area (Å²) in [4.78, 5) is 12.7. The zero-order valence-electron chi connectivity index (χ0n) is 16.8. The van der Waals surface area contributed by atoms with E-state index in [0.717, 1.165) is 11.1 Å². The fourth-order valence-electron chi connectivity index (χ4n) is 3.06. The second-order valence-corrected chi connectivity index (χ2v) is 8.18. The Bertz CT molecular complexity index is 1260.